The number of rotatable bonds is 4. The summed E-state index contributed by atoms with van der Waals surface area (Å²) in [5.41, 5.74) is 0.187. The van der Waals surface area contributed by atoms with Crippen molar-refractivity contribution in [2.24, 2.45) is 0 Å². The van der Waals surface area contributed by atoms with Crippen LogP contribution in [0.4, 0.5) is 0 Å². The first kappa shape index (κ1) is 15.5. The molecule has 1 aromatic rings. The van der Waals surface area contributed by atoms with Crippen molar-refractivity contribution < 1.29 is 27.5 Å². The molecule has 0 aliphatic rings. The molecule has 0 saturated carbocycles. The predicted octanol–water partition coefficient (Wildman–Crippen LogP) is 1.74. The minimum atomic E-state index is -3.92. The molecule has 0 atom stereocenters. The molecule has 0 aromatic heterocycles. The van der Waals surface area contributed by atoms with Crippen molar-refractivity contribution in [1.29, 1.82) is 0 Å². The maximum Gasteiger partial charge on any atom is 0.305 e. The highest BCUT2D eigenvalue weighted by molar-refractivity contribution is 8.13. The maximum absolute atomic E-state index is 11.2. The Labute approximate surface area is 114 Å². The van der Waals surface area contributed by atoms with Gasteiger partial charge in [-0.05, 0) is 12.1 Å². The van der Waals surface area contributed by atoms with Crippen LogP contribution in [0.5, 0.6) is 0 Å². The van der Waals surface area contributed by atoms with E-state index in [4.69, 9.17) is 20.2 Å². The van der Waals surface area contributed by atoms with Gasteiger partial charge in [0.25, 0.3) is 15.3 Å². The third-order valence-electron chi connectivity index (χ3n) is 1.96. The molecular weight excluding hydrogens is 296 g/mol. The highest BCUT2D eigenvalue weighted by Crippen LogP contribution is 2.24. The lowest BCUT2D eigenvalue weighted by atomic mass is 10.2. The third kappa shape index (κ3) is 4.88. The number of hydrogen-bond donors (Lipinski definition) is 0. The Bertz CT molecular complexity index is 579. The first-order valence-electron chi connectivity index (χ1n) is 5.09. The Morgan fingerprint density at radius 3 is 2.11 bits per heavy atom. The van der Waals surface area contributed by atoms with Crippen LogP contribution >= 0.6 is 10.7 Å². The number of halogens is 1. The Balaban J connectivity index is 3.15. The van der Waals surface area contributed by atoms with Gasteiger partial charge in [-0.2, -0.15) is 0 Å². The summed E-state index contributed by atoms with van der Waals surface area (Å²) < 4.78 is 32.0. The van der Waals surface area contributed by atoms with E-state index < -0.39 is 27.3 Å². The van der Waals surface area contributed by atoms with E-state index >= 15 is 0 Å². The summed E-state index contributed by atoms with van der Waals surface area (Å²) in [6.45, 7) is 2.28. The van der Waals surface area contributed by atoms with Gasteiger partial charge >= 0.3 is 11.9 Å². The van der Waals surface area contributed by atoms with Gasteiger partial charge in [0.15, 0.2) is 0 Å². The van der Waals surface area contributed by atoms with Crippen molar-refractivity contribution in [2.45, 2.75) is 25.0 Å². The zero-order chi connectivity index (χ0) is 14.6. The number of carbonyl (C=O) groups is 2. The predicted molar refractivity (Wildman–Crippen MR) is 65.8 cm³/mol. The van der Waals surface area contributed by atoms with Gasteiger partial charge in [-0.15, -0.1) is 0 Å². The van der Waals surface area contributed by atoms with Gasteiger partial charge < -0.3 is 9.47 Å². The fourth-order valence-corrected chi connectivity index (χ4v) is 2.08. The van der Waals surface area contributed by atoms with Crippen molar-refractivity contribution in [1.82, 2.24) is 0 Å². The molecule has 0 N–H and O–H groups in total. The van der Waals surface area contributed by atoms with Crippen LogP contribution in [0.2, 0.25) is 0 Å². The van der Waals surface area contributed by atoms with Crippen LogP contribution in [-0.2, 0) is 28.1 Å². The highest BCUT2D eigenvalue weighted by Gasteiger charge is 2.20. The van der Waals surface area contributed by atoms with Gasteiger partial charge in [-0.3, -0.25) is 9.59 Å². The standard InChI is InChI=1S/C11H11ClO6S/c1-7(13)17-11(18-8(2)14)9-4-3-5-10(6-9)19(12,15)16/h3-6,11H,1-2H3. The van der Waals surface area contributed by atoms with E-state index in [1.54, 1.807) is 0 Å². The maximum atomic E-state index is 11.2. The topological polar surface area (TPSA) is 86.7 Å². The second-order valence-electron chi connectivity index (χ2n) is 3.56. The second kappa shape index (κ2) is 6.03. The smallest absolute Gasteiger partial charge is 0.305 e. The summed E-state index contributed by atoms with van der Waals surface area (Å²) in [7, 11) is 1.28. The summed E-state index contributed by atoms with van der Waals surface area (Å²) in [5, 5.41) is 0. The van der Waals surface area contributed by atoms with Gasteiger partial charge in [-0.1, -0.05) is 12.1 Å². The van der Waals surface area contributed by atoms with Gasteiger partial charge in [0.1, 0.15) is 0 Å². The van der Waals surface area contributed by atoms with Crippen LogP contribution in [-0.4, -0.2) is 20.4 Å². The summed E-state index contributed by atoms with van der Waals surface area (Å²) in [4.78, 5) is 21.7. The fourth-order valence-electron chi connectivity index (χ4n) is 1.27. The Morgan fingerprint density at radius 1 is 1.16 bits per heavy atom. The first-order chi connectivity index (χ1) is 8.70. The van der Waals surface area contributed by atoms with Gasteiger partial charge in [0, 0.05) is 30.1 Å². The minimum absolute atomic E-state index is 0.184. The van der Waals surface area contributed by atoms with Crippen molar-refractivity contribution in [3.63, 3.8) is 0 Å². The number of esters is 2. The highest BCUT2D eigenvalue weighted by atomic mass is 35.7. The van der Waals surface area contributed by atoms with E-state index in [9.17, 15) is 18.0 Å². The minimum Gasteiger partial charge on any atom is -0.421 e. The molecule has 0 aliphatic carbocycles. The Hall–Kier alpha value is -1.60. The SMILES string of the molecule is CC(=O)OC(OC(C)=O)c1cccc(S(=O)(=O)Cl)c1. The summed E-state index contributed by atoms with van der Waals surface area (Å²) in [6, 6.07) is 5.27. The van der Waals surface area contributed by atoms with Gasteiger partial charge in [0.05, 0.1) is 4.90 Å². The molecule has 0 radical (unpaired) electrons. The van der Waals surface area contributed by atoms with Crippen molar-refractivity contribution in [2.75, 3.05) is 0 Å². The average Bonchev–Trinajstić information content (AvgIpc) is 2.26. The molecule has 1 rings (SSSR count). The fraction of sp³-hybridized carbons (Fsp3) is 0.273. The van der Waals surface area contributed by atoms with Crippen molar-refractivity contribution in [3.05, 3.63) is 29.8 Å². The summed E-state index contributed by atoms with van der Waals surface area (Å²) in [5.74, 6) is -1.35. The molecule has 1 aromatic carbocycles. The van der Waals surface area contributed by atoms with Crippen LogP contribution in [0, 0.1) is 0 Å². The molecule has 104 valence electrons. The van der Waals surface area contributed by atoms with E-state index in [1.807, 2.05) is 0 Å². The molecule has 0 amide bonds. The number of benzene rings is 1. The van der Waals surface area contributed by atoms with Crippen LogP contribution in [0.25, 0.3) is 0 Å². The number of carbonyl (C=O) groups excluding carboxylic acids is 2. The molecule has 19 heavy (non-hydrogen) atoms. The van der Waals surface area contributed by atoms with Crippen molar-refractivity contribution >= 4 is 31.7 Å². The van der Waals surface area contributed by atoms with E-state index in [2.05, 4.69) is 0 Å². The number of ether oxygens (including phenoxy) is 2. The molecule has 0 saturated heterocycles. The van der Waals surface area contributed by atoms with E-state index in [0.29, 0.717) is 0 Å². The lowest BCUT2D eigenvalue weighted by Crippen LogP contribution is -2.15. The molecule has 0 heterocycles. The summed E-state index contributed by atoms with van der Waals surface area (Å²) >= 11 is 0. The molecule has 0 aliphatic heterocycles. The normalized spacial score (nSPS) is 11.2. The van der Waals surface area contributed by atoms with Gasteiger partial charge in [0.2, 0.25) is 0 Å². The molecule has 8 heteroatoms. The average molecular weight is 307 g/mol. The largest absolute Gasteiger partial charge is 0.421 e. The van der Waals surface area contributed by atoms with E-state index in [-0.39, 0.29) is 10.5 Å². The van der Waals surface area contributed by atoms with E-state index in [0.717, 1.165) is 13.8 Å². The molecular formula is C11H11ClO6S. The van der Waals surface area contributed by atoms with E-state index in [1.165, 1.54) is 24.3 Å². The monoisotopic (exact) mass is 306 g/mol. The zero-order valence-electron chi connectivity index (χ0n) is 10.1. The zero-order valence-corrected chi connectivity index (χ0v) is 11.7. The van der Waals surface area contributed by atoms with Gasteiger partial charge in [-0.25, -0.2) is 8.42 Å². The number of hydrogen-bond acceptors (Lipinski definition) is 6. The first-order valence-corrected chi connectivity index (χ1v) is 7.40. The van der Waals surface area contributed by atoms with Crippen LogP contribution in [0.1, 0.15) is 25.7 Å². The Kier molecular flexibility index (Phi) is 4.90. The molecule has 0 bridgehead atoms. The lowest BCUT2D eigenvalue weighted by molar-refractivity contribution is -0.186. The Morgan fingerprint density at radius 2 is 1.68 bits per heavy atom. The quantitative estimate of drug-likeness (QED) is 0.478. The third-order valence-corrected chi connectivity index (χ3v) is 3.31. The molecule has 0 spiro atoms. The van der Waals surface area contributed by atoms with Crippen molar-refractivity contribution in [3.8, 4) is 0 Å². The van der Waals surface area contributed by atoms with Crippen LogP contribution in [0.15, 0.2) is 29.2 Å². The second-order valence-corrected chi connectivity index (χ2v) is 6.13. The van der Waals surface area contributed by atoms with Crippen LogP contribution < -0.4 is 0 Å². The molecule has 6 nitrogen and oxygen atoms in total. The van der Waals surface area contributed by atoms with Crippen LogP contribution in [0.3, 0.4) is 0 Å². The molecule has 0 unspecified atom stereocenters. The summed E-state index contributed by atoms with van der Waals surface area (Å²) in [6.07, 6.45) is -1.31. The lowest BCUT2D eigenvalue weighted by Gasteiger charge is -2.17. The molecule has 0 fully saturated rings.